The smallest absolute Gasteiger partial charge is 0.341 e. The van der Waals surface area contributed by atoms with Gasteiger partial charge in [0.25, 0.3) is 5.56 Å². The number of aromatic amines is 1. The predicted molar refractivity (Wildman–Crippen MR) is 115 cm³/mol. The summed E-state index contributed by atoms with van der Waals surface area (Å²) in [5, 5.41) is 5.40. The van der Waals surface area contributed by atoms with Gasteiger partial charge < -0.3 is 15.0 Å². The Morgan fingerprint density at radius 3 is 2.72 bits per heavy atom. The van der Waals surface area contributed by atoms with E-state index in [1.807, 2.05) is 35.7 Å². The molecule has 0 aliphatic rings. The third-order valence-electron chi connectivity index (χ3n) is 3.80. The zero-order valence-corrected chi connectivity index (χ0v) is 17.5. The van der Waals surface area contributed by atoms with Crippen LogP contribution in [0.15, 0.2) is 51.7 Å². The Morgan fingerprint density at radius 1 is 1.28 bits per heavy atom. The highest BCUT2D eigenvalue weighted by Gasteiger charge is 2.22. The normalized spacial score (nSPS) is 10.6. The molecule has 9 heteroatoms. The minimum atomic E-state index is -0.486. The number of amides is 1. The molecule has 0 saturated heterocycles. The number of benzene rings is 1. The molecular formula is C20H19N3O4S2. The summed E-state index contributed by atoms with van der Waals surface area (Å²) in [6.45, 7) is 3.68. The van der Waals surface area contributed by atoms with Gasteiger partial charge in [-0.2, -0.15) is 0 Å². The molecule has 0 unspecified atom stereocenters. The van der Waals surface area contributed by atoms with Crippen molar-refractivity contribution in [3.63, 3.8) is 0 Å². The first-order valence-electron chi connectivity index (χ1n) is 8.82. The van der Waals surface area contributed by atoms with Gasteiger partial charge in [0.05, 0.1) is 12.4 Å². The van der Waals surface area contributed by atoms with Crippen LogP contribution in [0.4, 0.5) is 5.00 Å². The second-order valence-electron chi connectivity index (χ2n) is 5.97. The van der Waals surface area contributed by atoms with Gasteiger partial charge in [-0.25, -0.2) is 9.78 Å². The molecule has 7 nitrogen and oxygen atoms in total. The van der Waals surface area contributed by atoms with Crippen LogP contribution in [0.2, 0.25) is 0 Å². The molecule has 0 aliphatic heterocycles. The number of H-pyrrole nitrogens is 1. The fourth-order valence-corrected chi connectivity index (χ4v) is 4.30. The first-order valence-corrected chi connectivity index (χ1v) is 10.7. The number of esters is 1. The van der Waals surface area contributed by atoms with E-state index in [-0.39, 0.29) is 23.8 Å². The molecule has 1 aromatic carbocycles. The van der Waals surface area contributed by atoms with Crippen LogP contribution in [-0.4, -0.2) is 34.2 Å². The average Bonchev–Trinajstić information content (AvgIpc) is 3.10. The van der Waals surface area contributed by atoms with Crippen LogP contribution in [0.1, 0.15) is 23.0 Å². The van der Waals surface area contributed by atoms with Crippen molar-refractivity contribution in [2.75, 3.05) is 17.7 Å². The van der Waals surface area contributed by atoms with Crippen molar-refractivity contribution >= 4 is 40.0 Å². The maximum Gasteiger partial charge on any atom is 0.341 e. The molecule has 0 aliphatic carbocycles. The molecule has 0 fully saturated rings. The monoisotopic (exact) mass is 429 g/mol. The van der Waals surface area contributed by atoms with Crippen molar-refractivity contribution in [3.05, 3.63) is 63.4 Å². The minimum Gasteiger partial charge on any atom is -0.462 e. The topological polar surface area (TPSA) is 101 Å². The summed E-state index contributed by atoms with van der Waals surface area (Å²) in [7, 11) is 0. The highest BCUT2D eigenvalue weighted by Crippen LogP contribution is 2.36. The van der Waals surface area contributed by atoms with E-state index in [2.05, 4.69) is 15.3 Å². The average molecular weight is 430 g/mol. The molecule has 3 rings (SSSR count). The van der Waals surface area contributed by atoms with E-state index in [1.54, 1.807) is 13.8 Å². The highest BCUT2D eigenvalue weighted by molar-refractivity contribution is 7.99. The Balaban J connectivity index is 1.79. The molecule has 2 heterocycles. The molecule has 0 spiro atoms. The maximum atomic E-state index is 12.5. The maximum absolute atomic E-state index is 12.5. The SMILES string of the molecule is CCOC(=O)c1c(-c2ccccc2)csc1NC(=O)CSc1nc(C)cc(=O)[nH]1. The number of thiophene rings is 1. The van der Waals surface area contributed by atoms with Crippen LogP contribution >= 0.6 is 23.1 Å². The Labute approximate surface area is 175 Å². The molecule has 0 atom stereocenters. The first-order chi connectivity index (χ1) is 14.0. The van der Waals surface area contributed by atoms with Crippen LogP contribution in [-0.2, 0) is 9.53 Å². The molecular weight excluding hydrogens is 410 g/mol. The number of carbonyl (C=O) groups is 2. The number of hydrogen-bond donors (Lipinski definition) is 2. The van der Waals surface area contributed by atoms with Gasteiger partial charge in [0.1, 0.15) is 10.6 Å². The minimum absolute atomic E-state index is 0.0349. The molecule has 2 N–H and O–H groups in total. The van der Waals surface area contributed by atoms with Crippen molar-refractivity contribution < 1.29 is 14.3 Å². The third kappa shape index (κ3) is 5.33. The summed E-state index contributed by atoms with van der Waals surface area (Å²) in [5.74, 6) is -0.765. The van der Waals surface area contributed by atoms with Gasteiger partial charge in [0.2, 0.25) is 5.91 Å². The Morgan fingerprint density at radius 2 is 2.03 bits per heavy atom. The molecule has 0 saturated carbocycles. The standard InChI is InChI=1S/C20H19N3O4S2/c1-3-27-19(26)17-14(13-7-5-4-6-8-13)10-28-18(17)22-16(25)11-29-20-21-12(2)9-15(24)23-20/h4-10H,3,11H2,1-2H3,(H,22,25)(H,21,23,24). The summed E-state index contributed by atoms with van der Waals surface area (Å²) in [6, 6.07) is 10.8. The largest absolute Gasteiger partial charge is 0.462 e. The van der Waals surface area contributed by atoms with Gasteiger partial charge in [-0.3, -0.25) is 9.59 Å². The van der Waals surface area contributed by atoms with E-state index in [0.717, 1.165) is 17.3 Å². The van der Waals surface area contributed by atoms with E-state index >= 15 is 0 Å². The van der Waals surface area contributed by atoms with E-state index in [0.29, 0.717) is 27.0 Å². The summed E-state index contributed by atoms with van der Waals surface area (Å²) in [4.78, 5) is 43.2. The van der Waals surface area contributed by atoms with Crippen molar-refractivity contribution in [2.24, 2.45) is 0 Å². The van der Waals surface area contributed by atoms with Crippen molar-refractivity contribution in [2.45, 2.75) is 19.0 Å². The Hall–Kier alpha value is -2.91. The number of aromatic nitrogens is 2. The summed E-state index contributed by atoms with van der Waals surface area (Å²) in [5.41, 5.74) is 2.22. The van der Waals surface area contributed by atoms with Gasteiger partial charge in [-0.1, -0.05) is 42.1 Å². The Kier molecular flexibility index (Phi) is 6.84. The van der Waals surface area contributed by atoms with Crippen molar-refractivity contribution in [1.29, 1.82) is 0 Å². The van der Waals surface area contributed by atoms with Crippen molar-refractivity contribution in [1.82, 2.24) is 9.97 Å². The zero-order chi connectivity index (χ0) is 20.8. The van der Waals surface area contributed by atoms with E-state index in [4.69, 9.17) is 4.74 Å². The van der Waals surface area contributed by atoms with Crippen LogP contribution in [0, 0.1) is 6.92 Å². The number of nitrogens with one attached hydrogen (secondary N) is 2. The lowest BCUT2D eigenvalue weighted by molar-refractivity contribution is -0.113. The molecule has 0 bridgehead atoms. The highest BCUT2D eigenvalue weighted by atomic mass is 32.2. The van der Waals surface area contributed by atoms with E-state index in [1.165, 1.54) is 17.4 Å². The van der Waals surface area contributed by atoms with Gasteiger partial charge >= 0.3 is 5.97 Å². The van der Waals surface area contributed by atoms with Crippen molar-refractivity contribution in [3.8, 4) is 11.1 Å². The predicted octanol–water partition coefficient (Wildman–Crippen LogP) is 3.71. The number of thioether (sulfide) groups is 1. The molecule has 2 aromatic heterocycles. The van der Waals surface area contributed by atoms with Gasteiger partial charge in [0.15, 0.2) is 5.16 Å². The van der Waals surface area contributed by atoms with Crippen LogP contribution < -0.4 is 10.9 Å². The summed E-state index contributed by atoms with van der Waals surface area (Å²) >= 11 is 2.38. The molecule has 1 amide bonds. The first kappa shape index (κ1) is 20.8. The lowest BCUT2D eigenvalue weighted by Gasteiger charge is -2.09. The quantitative estimate of drug-likeness (QED) is 0.337. The number of ether oxygens (including phenoxy) is 1. The van der Waals surface area contributed by atoms with Gasteiger partial charge in [-0.15, -0.1) is 11.3 Å². The van der Waals surface area contributed by atoms with Crippen LogP contribution in [0.3, 0.4) is 0 Å². The number of carbonyl (C=O) groups excluding carboxylic acids is 2. The Bertz CT molecular complexity index is 1080. The fraction of sp³-hybridized carbons (Fsp3) is 0.200. The number of hydrogen-bond acceptors (Lipinski definition) is 7. The van der Waals surface area contributed by atoms with Crippen LogP contribution in [0.25, 0.3) is 11.1 Å². The second-order valence-corrected chi connectivity index (χ2v) is 7.81. The van der Waals surface area contributed by atoms with Gasteiger partial charge in [-0.05, 0) is 19.4 Å². The lowest BCUT2D eigenvalue weighted by Crippen LogP contribution is -2.17. The lowest BCUT2D eigenvalue weighted by atomic mass is 10.0. The third-order valence-corrected chi connectivity index (χ3v) is 5.57. The number of aryl methyl sites for hydroxylation is 1. The number of anilines is 1. The summed E-state index contributed by atoms with van der Waals surface area (Å²) < 4.78 is 5.19. The molecule has 3 aromatic rings. The number of rotatable bonds is 7. The van der Waals surface area contributed by atoms with E-state index < -0.39 is 5.97 Å². The second kappa shape index (κ2) is 9.53. The fourth-order valence-electron chi connectivity index (χ4n) is 2.60. The zero-order valence-electron chi connectivity index (χ0n) is 15.9. The van der Waals surface area contributed by atoms with Crippen LogP contribution in [0.5, 0.6) is 0 Å². The summed E-state index contributed by atoms with van der Waals surface area (Å²) in [6.07, 6.45) is 0. The van der Waals surface area contributed by atoms with Gasteiger partial charge in [0, 0.05) is 22.7 Å². The van der Waals surface area contributed by atoms with E-state index in [9.17, 15) is 14.4 Å². The molecule has 150 valence electrons. The molecule has 0 radical (unpaired) electrons. The molecule has 29 heavy (non-hydrogen) atoms. The number of nitrogens with zero attached hydrogens (tertiary/aromatic N) is 1.